The first kappa shape index (κ1) is 13.0. The van der Waals surface area contributed by atoms with Crippen LogP contribution in [0.25, 0.3) is 5.65 Å². The van der Waals surface area contributed by atoms with Crippen molar-refractivity contribution >= 4 is 5.65 Å². The van der Waals surface area contributed by atoms with Crippen molar-refractivity contribution in [2.75, 3.05) is 0 Å². The summed E-state index contributed by atoms with van der Waals surface area (Å²) < 4.78 is 1.85. The Kier molecular flexibility index (Phi) is 3.97. The number of aryl methyl sites for hydroxylation is 1. The average molecular weight is 246 g/mol. The van der Waals surface area contributed by atoms with Crippen molar-refractivity contribution in [3.8, 4) is 0 Å². The summed E-state index contributed by atoms with van der Waals surface area (Å²) in [6, 6.07) is 2.50. The van der Waals surface area contributed by atoms with Crippen molar-refractivity contribution in [1.29, 1.82) is 0 Å². The highest BCUT2D eigenvalue weighted by Crippen LogP contribution is 2.09. The number of fused-ring (bicyclic) bond motifs is 1. The number of hydrogen-bond donors (Lipinski definition) is 1. The van der Waals surface area contributed by atoms with Crippen molar-refractivity contribution in [1.82, 2.24) is 19.9 Å². The smallest absolute Gasteiger partial charge is 0.155 e. The molecule has 4 heteroatoms. The van der Waals surface area contributed by atoms with Gasteiger partial charge in [0.1, 0.15) is 0 Å². The van der Waals surface area contributed by atoms with E-state index in [4.69, 9.17) is 0 Å². The van der Waals surface area contributed by atoms with Crippen molar-refractivity contribution in [2.45, 2.75) is 46.7 Å². The number of rotatable bonds is 5. The molecule has 0 amide bonds. The van der Waals surface area contributed by atoms with Crippen LogP contribution >= 0.6 is 0 Å². The fourth-order valence-corrected chi connectivity index (χ4v) is 1.96. The van der Waals surface area contributed by atoms with Crippen molar-refractivity contribution < 1.29 is 0 Å². The zero-order valence-corrected chi connectivity index (χ0v) is 11.6. The molecule has 4 nitrogen and oxygen atoms in total. The molecule has 2 aromatic heterocycles. The molecule has 2 heterocycles. The number of hydrogen-bond acceptors (Lipinski definition) is 3. The molecule has 0 saturated heterocycles. The lowest BCUT2D eigenvalue weighted by Crippen LogP contribution is -2.31. The Bertz CT molecular complexity index is 517. The standard InChI is InChI=1S/C14H22N4/c1-5-10(2)12(4)15-7-13-8-16-14-6-11(3)17-18(14)9-13/h6,8-10,12,15H,5,7H2,1-4H3. The van der Waals surface area contributed by atoms with Gasteiger partial charge in [0.25, 0.3) is 0 Å². The van der Waals surface area contributed by atoms with Gasteiger partial charge in [0.05, 0.1) is 5.69 Å². The second-order valence-corrected chi connectivity index (χ2v) is 5.11. The molecule has 0 aliphatic heterocycles. The molecular weight excluding hydrogens is 224 g/mol. The van der Waals surface area contributed by atoms with Crippen LogP contribution < -0.4 is 5.32 Å². The summed E-state index contributed by atoms with van der Waals surface area (Å²) in [5.41, 5.74) is 3.08. The van der Waals surface area contributed by atoms with Gasteiger partial charge in [0.2, 0.25) is 0 Å². The van der Waals surface area contributed by atoms with Crippen molar-refractivity contribution in [2.24, 2.45) is 5.92 Å². The molecule has 2 atom stereocenters. The Morgan fingerprint density at radius 3 is 2.89 bits per heavy atom. The fourth-order valence-electron chi connectivity index (χ4n) is 1.96. The molecular formula is C14H22N4. The van der Waals surface area contributed by atoms with Crippen LogP contribution in [0.15, 0.2) is 18.5 Å². The quantitative estimate of drug-likeness (QED) is 0.881. The lowest BCUT2D eigenvalue weighted by molar-refractivity contribution is 0.389. The Labute approximate surface area is 108 Å². The van der Waals surface area contributed by atoms with Crippen LogP contribution in [0.2, 0.25) is 0 Å². The summed E-state index contributed by atoms with van der Waals surface area (Å²) in [5, 5.41) is 7.92. The van der Waals surface area contributed by atoms with E-state index in [0.29, 0.717) is 12.0 Å². The summed E-state index contributed by atoms with van der Waals surface area (Å²) in [6.07, 6.45) is 5.17. The van der Waals surface area contributed by atoms with Crippen molar-refractivity contribution in [3.05, 3.63) is 29.7 Å². The van der Waals surface area contributed by atoms with Crippen LogP contribution in [0.4, 0.5) is 0 Å². The monoisotopic (exact) mass is 246 g/mol. The minimum atomic E-state index is 0.519. The van der Waals surface area contributed by atoms with Crippen LogP contribution in [0, 0.1) is 12.8 Å². The Hall–Kier alpha value is -1.42. The highest BCUT2D eigenvalue weighted by molar-refractivity contribution is 5.38. The molecule has 0 saturated carbocycles. The maximum absolute atomic E-state index is 4.41. The largest absolute Gasteiger partial charge is 0.310 e. The normalized spacial score (nSPS) is 14.9. The predicted molar refractivity (Wildman–Crippen MR) is 73.5 cm³/mol. The van der Waals surface area contributed by atoms with Crippen LogP contribution in [0.1, 0.15) is 38.4 Å². The van der Waals surface area contributed by atoms with Gasteiger partial charge in [-0.3, -0.25) is 0 Å². The molecule has 0 aliphatic carbocycles. The van der Waals surface area contributed by atoms with Crippen LogP contribution in [0.5, 0.6) is 0 Å². The zero-order chi connectivity index (χ0) is 13.1. The van der Waals surface area contributed by atoms with E-state index in [9.17, 15) is 0 Å². The maximum atomic E-state index is 4.41. The summed E-state index contributed by atoms with van der Waals surface area (Å²) in [7, 11) is 0. The van der Waals surface area contributed by atoms with E-state index in [1.54, 1.807) is 0 Å². The van der Waals surface area contributed by atoms with E-state index in [2.05, 4.69) is 36.2 Å². The molecule has 0 spiro atoms. The maximum Gasteiger partial charge on any atom is 0.155 e. The van der Waals surface area contributed by atoms with E-state index in [0.717, 1.165) is 17.9 Å². The first-order chi connectivity index (χ1) is 8.60. The van der Waals surface area contributed by atoms with Gasteiger partial charge < -0.3 is 5.32 Å². The van der Waals surface area contributed by atoms with E-state index in [1.807, 2.05) is 29.9 Å². The molecule has 2 unspecified atom stereocenters. The molecule has 0 aromatic carbocycles. The van der Waals surface area contributed by atoms with E-state index in [1.165, 1.54) is 12.0 Å². The Morgan fingerprint density at radius 2 is 2.17 bits per heavy atom. The van der Waals surface area contributed by atoms with Crippen molar-refractivity contribution in [3.63, 3.8) is 0 Å². The van der Waals surface area contributed by atoms with Gasteiger partial charge in [-0.05, 0) is 19.8 Å². The van der Waals surface area contributed by atoms with Crippen LogP contribution in [-0.2, 0) is 6.54 Å². The first-order valence-electron chi connectivity index (χ1n) is 6.64. The SMILES string of the molecule is CCC(C)C(C)NCc1cnc2cc(C)nn2c1. The Balaban J connectivity index is 2.03. The number of nitrogens with zero attached hydrogens (tertiary/aromatic N) is 3. The summed E-state index contributed by atoms with van der Waals surface area (Å²) >= 11 is 0. The third-order valence-corrected chi connectivity index (χ3v) is 3.61. The number of nitrogens with one attached hydrogen (secondary N) is 1. The topological polar surface area (TPSA) is 42.2 Å². The summed E-state index contributed by atoms with van der Waals surface area (Å²) in [5.74, 6) is 0.689. The lowest BCUT2D eigenvalue weighted by atomic mass is 10.0. The Morgan fingerprint density at radius 1 is 1.39 bits per heavy atom. The minimum absolute atomic E-state index is 0.519. The molecule has 2 aromatic rings. The summed E-state index contributed by atoms with van der Waals surface area (Å²) in [4.78, 5) is 4.41. The highest BCUT2D eigenvalue weighted by Gasteiger charge is 2.09. The second-order valence-electron chi connectivity index (χ2n) is 5.11. The van der Waals surface area contributed by atoms with Gasteiger partial charge in [-0.1, -0.05) is 20.3 Å². The average Bonchev–Trinajstić information content (AvgIpc) is 2.74. The zero-order valence-electron chi connectivity index (χ0n) is 11.6. The molecule has 0 radical (unpaired) electrons. The molecule has 0 aliphatic rings. The van der Waals surface area contributed by atoms with Gasteiger partial charge in [0, 0.05) is 36.6 Å². The van der Waals surface area contributed by atoms with Gasteiger partial charge in [-0.25, -0.2) is 9.50 Å². The molecule has 0 bridgehead atoms. The number of aromatic nitrogens is 3. The highest BCUT2D eigenvalue weighted by atomic mass is 15.2. The molecule has 98 valence electrons. The third-order valence-electron chi connectivity index (χ3n) is 3.61. The van der Waals surface area contributed by atoms with E-state index < -0.39 is 0 Å². The third kappa shape index (κ3) is 2.88. The van der Waals surface area contributed by atoms with Gasteiger partial charge >= 0.3 is 0 Å². The van der Waals surface area contributed by atoms with Crippen LogP contribution in [-0.4, -0.2) is 20.6 Å². The fraction of sp³-hybridized carbons (Fsp3) is 0.571. The van der Waals surface area contributed by atoms with Gasteiger partial charge in [-0.15, -0.1) is 0 Å². The predicted octanol–water partition coefficient (Wildman–Crippen LogP) is 2.56. The first-order valence-corrected chi connectivity index (χ1v) is 6.64. The van der Waals surface area contributed by atoms with E-state index >= 15 is 0 Å². The van der Waals surface area contributed by atoms with Gasteiger partial charge in [-0.2, -0.15) is 5.10 Å². The molecule has 1 N–H and O–H groups in total. The van der Waals surface area contributed by atoms with E-state index in [-0.39, 0.29) is 0 Å². The van der Waals surface area contributed by atoms with Gasteiger partial charge in [0.15, 0.2) is 5.65 Å². The molecule has 0 fully saturated rings. The molecule has 18 heavy (non-hydrogen) atoms. The minimum Gasteiger partial charge on any atom is -0.310 e. The second kappa shape index (κ2) is 5.48. The summed E-state index contributed by atoms with van der Waals surface area (Å²) in [6.45, 7) is 9.56. The lowest BCUT2D eigenvalue weighted by Gasteiger charge is -2.19. The molecule has 2 rings (SSSR count). The van der Waals surface area contributed by atoms with Crippen LogP contribution in [0.3, 0.4) is 0 Å².